The number of amides is 1. The molecule has 0 aliphatic carbocycles. The highest BCUT2D eigenvalue weighted by molar-refractivity contribution is 9.10. The third-order valence-corrected chi connectivity index (χ3v) is 4.16. The zero-order valence-corrected chi connectivity index (χ0v) is 15.1. The summed E-state index contributed by atoms with van der Waals surface area (Å²) in [4.78, 5) is 18.1. The van der Waals surface area contributed by atoms with E-state index in [1.807, 2.05) is 33.8 Å². The molecule has 122 valence electrons. The molecule has 0 saturated carbocycles. The van der Waals surface area contributed by atoms with E-state index in [1.165, 1.54) is 0 Å². The standard InChI is InChI=1S/C16H23BrN2O3/c1-11-9-12(17)10-18-13(11)16(21)5-7-19(8-6-16)14(20)22-15(2,3)4/h9-10,21H,5-8H2,1-4H3. The topological polar surface area (TPSA) is 62.7 Å². The van der Waals surface area contributed by atoms with E-state index in [1.54, 1.807) is 11.1 Å². The monoisotopic (exact) mass is 370 g/mol. The van der Waals surface area contributed by atoms with Crippen LogP contribution in [0.2, 0.25) is 0 Å². The molecule has 1 saturated heterocycles. The first-order valence-electron chi connectivity index (χ1n) is 7.44. The Morgan fingerprint density at radius 3 is 2.50 bits per heavy atom. The number of aromatic nitrogens is 1. The zero-order chi connectivity index (χ0) is 16.5. The first-order valence-corrected chi connectivity index (χ1v) is 8.23. The highest BCUT2D eigenvalue weighted by Gasteiger charge is 2.38. The molecule has 1 aliphatic heterocycles. The van der Waals surface area contributed by atoms with E-state index < -0.39 is 11.2 Å². The van der Waals surface area contributed by atoms with Gasteiger partial charge in [-0.3, -0.25) is 4.98 Å². The number of aryl methyl sites for hydroxylation is 1. The fraction of sp³-hybridized carbons (Fsp3) is 0.625. The molecule has 1 aliphatic rings. The van der Waals surface area contributed by atoms with Crippen molar-refractivity contribution in [3.05, 3.63) is 28.0 Å². The molecule has 1 aromatic rings. The molecular weight excluding hydrogens is 348 g/mol. The molecule has 0 bridgehead atoms. The van der Waals surface area contributed by atoms with Gasteiger partial charge in [-0.2, -0.15) is 0 Å². The van der Waals surface area contributed by atoms with Crippen LogP contribution in [0.4, 0.5) is 4.79 Å². The van der Waals surface area contributed by atoms with Crippen LogP contribution >= 0.6 is 15.9 Å². The fourth-order valence-electron chi connectivity index (χ4n) is 2.65. The minimum atomic E-state index is -0.983. The molecular formula is C16H23BrN2O3. The van der Waals surface area contributed by atoms with Crippen LogP contribution < -0.4 is 0 Å². The van der Waals surface area contributed by atoms with Gasteiger partial charge in [-0.25, -0.2) is 4.79 Å². The summed E-state index contributed by atoms with van der Waals surface area (Å²) in [7, 11) is 0. The number of ether oxygens (including phenoxy) is 1. The van der Waals surface area contributed by atoms with Crippen molar-refractivity contribution >= 4 is 22.0 Å². The summed E-state index contributed by atoms with van der Waals surface area (Å²) in [5, 5.41) is 10.9. The van der Waals surface area contributed by atoms with Gasteiger partial charge < -0.3 is 14.7 Å². The van der Waals surface area contributed by atoms with E-state index >= 15 is 0 Å². The Hall–Kier alpha value is -1.14. The molecule has 6 heteroatoms. The van der Waals surface area contributed by atoms with Crippen molar-refractivity contribution in [1.82, 2.24) is 9.88 Å². The van der Waals surface area contributed by atoms with Crippen LogP contribution in [0.15, 0.2) is 16.7 Å². The summed E-state index contributed by atoms with van der Waals surface area (Å²) < 4.78 is 6.27. The quantitative estimate of drug-likeness (QED) is 0.822. The summed E-state index contributed by atoms with van der Waals surface area (Å²) in [6, 6.07) is 1.94. The van der Waals surface area contributed by atoms with E-state index in [9.17, 15) is 9.90 Å². The van der Waals surface area contributed by atoms with Gasteiger partial charge in [0.25, 0.3) is 0 Å². The number of aliphatic hydroxyl groups is 1. The Morgan fingerprint density at radius 2 is 2.00 bits per heavy atom. The molecule has 0 unspecified atom stereocenters. The molecule has 5 nitrogen and oxygen atoms in total. The second-order valence-electron chi connectivity index (χ2n) is 6.82. The van der Waals surface area contributed by atoms with Gasteiger partial charge in [0.1, 0.15) is 11.2 Å². The predicted octanol–water partition coefficient (Wildman–Crippen LogP) is 3.37. The molecule has 0 radical (unpaired) electrons. The highest BCUT2D eigenvalue weighted by atomic mass is 79.9. The van der Waals surface area contributed by atoms with Crippen LogP contribution in [0.5, 0.6) is 0 Å². The lowest BCUT2D eigenvalue weighted by Crippen LogP contribution is -2.47. The van der Waals surface area contributed by atoms with Gasteiger partial charge in [-0.05, 0) is 68.1 Å². The van der Waals surface area contributed by atoms with Gasteiger partial charge in [-0.15, -0.1) is 0 Å². The number of pyridine rings is 1. The summed E-state index contributed by atoms with van der Waals surface area (Å²) in [5.41, 5.74) is 0.153. The maximum atomic E-state index is 12.1. The molecule has 0 spiro atoms. The highest BCUT2D eigenvalue weighted by Crippen LogP contribution is 2.34. The molecule has 2 heterocycles. The number of carbonyl (C=O) groups is 1. The Morgan fingerprint density at radius 1 is 1.41 bits per heavy atom. The largest absolute Gasteiger partial charge is 0.444 e. The van der Waals surface area contributed by atoms with Crippen molar-refractivity contribution in [2.45, 2.75) is 51.7 Å². The number of piperidine rings is 1. The second kappa shape index (κ2) is 6.16. The summed E-state index contributed by atoms with van der Waals surface area (Å²) in [5.74, 6) is 0. The van der Waals surface area contributed by atoms with E-state index in [0.717, 1.165) is 10.0 Å². The van der Waals surface area contributed by atoms with E-state index in [0.29, 0.717) is 31.6 Å². The fourth-order valence-corrected chi connectivity index (χ4v) is 3.10. The number of hydrogen-bond donors (Lipinski definition) is 1. The Balaban J connectivity index is 2.06. The third-order valence-electron chi connectivity index (χ3n) is 3.73. The van der Waals surface area contributed by atoms with Gasteiger partial charge in [0, 0.05) is 23.8 Å². The number of halogens is 1. The normalized spacial score (nSPS) is 18.2. The number of hydrogen-bond acceptors (Lipinski definition) is 4. The van der Waals surface area contributed by atoms with Crippen LogP contribution in [-0.4, -0.2) is 39.8 Å². The first kappa shape index (κ1) is 17.2. The van der Waals surface area contributed by atoms with Gasteiger partial charge >= 0.3 is 6.09 Å². The van der Waals surface area contributed by atoms with E-state index in [4.69, 9.17) is 4.74 Å². The van der Waals surface area contributed by atoms with Crippen molar-refractivity contribution in [3.8, 4) is 0 Å². The SMILES string of the molecule is Cc1cc(Br)cnc1C1(O)CCN(C(=O)OC(C)(C)C)CC1. The lowest BCUT2D eigenvalue weighted by atomic mass is 9.86. The summed E-state index contributed by atoms with van der Waals surface area (Å²) in [6.45, 7) is 8.40. The molecule has 1 N–H and O–H groups in total. The average Bonchev–Trinajstić information content (AvgIpc) is 2.36. The molecule has 1 aromatic heterocycles. The summed E-state index contributed by atoms with van der Waals surface area (Å²) >= 11 is 3.38. The average molecular weight is 371 g/mol. The molecule has 2 rings (SSSR count). The molecule has 0 atom stereocenters. The molecule has 1 amide bonds. The van der Waals surface area contributed by atoms with E-state index in [-0.39, 0.29) is 6.09 Å². The van der Waals surface area contributed by atoms with Crippen LogP contribution in [-0.2, 0) is 10.3 Å². The van der Waals surface area contributed by atoms with Crippen LogP contribution in [0, 0.1) is 6.92 Å². The number of likely N-dealkylation sites (tertiary alicyclic amines) is 1. The maximum Gasteiger partial charge on any atom is 0.410 e. The number of rotatable bonds is 1. The molecule has 22 heavy (non-hydrogen) atoms. The maximum absolute atomic E-state index is 12.1. The van der Waals surface area contributed by atoms with Gasteiger partial charge in [0.2, 0.25) is 0 Å². The Labute approximate surface area is 139 Å². The lowest BCUT2D eigenvalue weighted by molar-refractivity contribution is -0.0385. The van der Waals surface area contributed by atoms with Gasteiger partial charge in [0.05, 0.1) is 5.69 Å². The van der Waals surface area contributed by atoms with E-state index in [2.05, 4.69) is 20.9 Å². The lowest BCUT2D eigenvalue weighted by Gasteiger charge is -2.38. The predicted molar refractivity (Wildman–Crippen MR) is 87.6 cm³/mol. The first-order chi connectivity index (χ1) is 10.1. The number of nitrogens with zero attached hydrogens (tertiary/aromatic N) is 2. The van der Waals surface area contributed by atoms with Crippen molar-refractivity contribution in [2.75, 3.05) is 13.1 Å². The van der Waals surface area contributed by atoms with Gasteiger partial charge in [-0.1, -0.05) is 0 Å². The van der Waals surface area contributed by atoms with Crippen molar-refractivity contribution in [3.63, 3.8) is 0 Å². The van der Waals surface area contributed by atoms with Crippen LogP contribution in [0.3, 0.4) is 0 Å². The molecule has 1 fully saturated rings. The minimum absolute atomic E-state index is 0.324. The van der Waals surface area contributed by atoms with Gasteiger partial charge in [0.15, 0.2) is 0 Å². The smallest absolute Gasteiger partial charge is 0.410 e. The van der Waals surface area contributed by atoms with Crippen LogP contribution in [0.25, 0.3) is 0 Å². The Kier molecular flexibility index (Phi) is 4.82. The van der Waals surface area contributed by atoms with Crippen LogP contribution in [0.1, 0.15) is 44.9 Å². The Bertz CT molecular complexity index is 561. The van der Waals surface area contributed by atoms with Crippen molar-refractivity contribution in [2.24, 2.45) is 0 Å². The van der Waals surface area contributed by atoms with Crippen molar-refractivity contribution in [1.29, 1.82) is 0 Å². The zero-order valence-electron chi connectivity index (χ0n) is 13.5. The number of carbonyl (C=O) groups excluding carboxylic acids is 1. The third kappa shape index (κ3) is 3.98. The molecule has 0 aromatic carbocycles. The van der Waals surface area contributed by atoms with Crippen molar-refractivity contribution < 1.29 is 14.6 Å². The second-order valence-corrected chi connectivity index (χ2v) is 7.73. The minimum Gasteiger partial charge on any atom is -0.444 e. The summed E-state index contributed by atoms with van der Waals surface area (Å²) in [6.07, 6.45) is 2.29.